The lowest BCUT2D eigenvalue weighted by Crippen LogP contribution is -2.07. The molecule has 0 fully saturated rings. The van der Waals surface area contributed by atoms with E-state index >= 15 is 0 Å². The molecule has 0 aliphatic rings. The standard InChI is InChI=1S/C20H24O4S2/c1-17-7-11-19(12-8-17)25(21)16-6-4-3-5-15-24-26(22,23)20-13-9-18(2)10-14-20/h6-14,16H,3-5,15H2,1-2H3/b16-6-. The third kappa shape index (κ3) is 6.52. The van der Waals surface area contributed by atoms with Gasteiger partial charge < -0.3 is 0 Å². The van der Waals surface area contributed by atoms with Gasteiger partial charge in [0.15, 0.2) is 0 Å². The van der Waals surface area contributed by atoms with Crippen LogP contribution >= 0.6 is 0 Å². The molecule has 0 aliphatic carbocycles. The van der Waals surface area contributed by atoms with Gasteiger partial charge in [-0.1, -0.05) is 41.5 Å². The Morgan fingerprint density at radius 2 is 1.50 bits per heavy atom. The van der Waals surface area contributed by atoms with Crippen LogP contribution in [0.3, 0.4) is 0 Å². The van der Waals surface area contributed by atoms with Crippen LogP contribution in [0.15, 0.2) is 69.8 Å². The number of aryl methyl sites for hydroxylation is 2. The van der Waals surface area contributed by atoms with Gasteiger partial charge in [0.2, 0.25) is 0 Å². The van der Waals surface area contributed by atoms with Crippen molar-refractivity contribution < 1.29 is 16.8 Å². The maximum Gasteiger partial charge on any atom is 0.296 e. The van der Waals surface area contributed by atoms with Crippen LogP contribution in [0.1, 0.15) is 30.4 Å². The van der Waals surface area contributed by atoms with Gasteiger partial charge in [-0.05, 0) is 57.4 Å². The van der Waals surface area contributed by atoms with Crippen LogP contribution < -0.4 is 0 Å². The van der Waals surface area contributed by atoms with Crippen molar-refractivity contribution in [3.8, 4) is 0 Å². The number of allylic oxidation sites excluding steroid dienone is 1. The Balaban J connectivity index is 1.69. The minimum atomic E-state index is -3.69. The first-order chi connectivity index (χ1) is 12.4. The van der Waals surface area contributed by atoms with Crippen molar-refractivity contribution >= 4 is 20.9 Å². The first kappa shape index (κ1) is 20.6. The molecule has 4 nitrogen and oxygen atoms in total. The fraction of sp³-hybridized carbons (Fsp3) is 0.300. The van der Waals surface area contributed by atoms with E-state index in [2.05, 4.69) is 0 Å². The molecule has 0 bridgehead atoms. The molecule has 6 heteroatoms. The molecule has 140 valence electrons. The third-order valence-corrected chi connectivity index (χ3v) is 6.29. The fourth-order valence-electron chi connectivity index (χ4n) is 2.21. The summed E-state index contributed by atoms with van der Waals surface area (Å²) >= 11 is 0. The van der Waals surface area contributed by atoms with E-state index < -0.39 is 20.9 Å². The number of benzene rings is 2. The maximum absolute atomic E-state index is 12.1. The molecule has 0 amide bonds. The fourth-order valence-corrected chi connectivity index (χ4v) is 4.03. The van der Waals surface area contributed by atoms with Gasteiger partial charge in [-0.2, -0.15) is 8.42 Å². The average molecular weight is 393 g/mol. The van der Waals surface area contributed by atoms with E-state index in [1.807, 2.05) is 44.2 Å². The topological polar surface area (TPSA) is 60.4 Å². The number of hydrogen-bond donors (Lipinski definition) is 0. The number of hydrogen-bond acceptors (Lipinski definition) is 4. The Morgan fingerprint density at radius 3 is 2.12 bits per heavy atom. The summed E-state index contributed by atoms with van der Waals surface area (Å²) in [5, 5.41) is 1.68. The molecule has 26 heavy (non-hydrogen) atoms. The minimum absolute atomic E-state index is 0.144. The zero-order chi connectivity index (χ0) is 19.0. The number of rotatable bonds is 9. The van der Waals surface area contributed by atoms with Gasteiger partial charge in [0, 0.05) is 10.3 Å². The van der Waals surface area contributed by atoms with Gasteiger partial charge in [-0.3, -0.25) is 4.18 Å². The van der Waals surface area contributed by atoms with Crippen LogP contribution in [0.2, 0.25) is 0 Å². The first-order valence-electron chi connectivity index (χ1n) is 8.48. The average Bonchev–Trinajstić information content (AvgIpc) is 2.61. The maximum atomic E-state index is 12.1. The molecule has 1 unspecified atom stereocenters. The highest BCUT2D eigenvalue weighted by Gasteiger charge is 2.14. The molecule has 0 saturated heterocycles. The van der Waals surface area contributed by atoms with Gasteiger partial charge in [0.05, 0.1) is 22.3 Å². The molecule has 2 aromatic rings. The number of unbranched alkanes of at least 4 members (excludes halogenated alkanes) is 2. The van der Waals surface area contributed by atoms with Crippen molar-refractivity contribution in [3.05, 3.63) is 71.1 Å². The Kier molecular flexibility index (Phi) is 7.75. The summed E-state index contributed by atoms with van der Waals surface area (Å²) in [6, 6.07) is 14.2. The zero-order valence-corrected chi connectivity index (χ0v) is 16.7. The summed E-state index contributed by atoms with van der Waals surface area (Å²) in [6.45, 7) is 4.03. The van der Waals surface area contributed by atoms with E-state index in [1.165, 1.54) is 0 Å². The molecule has 0 heterocycles. The summed E-state index contributed by atoms with van der Waals surface area (Å²) in [7, 11) is -4.84. The van der Waals surface area contributed by atoms with E-state index in [0.29, 0.717) is 6.42 Å². The van der Waals surface area contributed by atoms with Crippen LogP contribution in [-0.2, 0) is 25.1 Å². The zero-order valence-electron chi connectivity index (χ0n) is 15.1. The molecule has 0 saturated carbocycles. The molecule has 0 aliphatic heterocycles. The Labute approximate surface area is 158 Å². The Hall–Kier alpha value is -1.76. The first-order valence-corrected chi connectivity index (χ1v) is 11.1. The lowest BCUT2D eigenvalue weighted by atomic mass is 10.2. The SMILES string of the molecule is Cc1ccc(S(=O)/C=C\CCCCOS(=O)(=O)c2ccc(C)cc2)cc1. The van der Waals surface area contributed by atoms with Gasteiger partial charge >= 0.3 is 0 Å². The largest absolute Gasteiger partial charge is 0.296 e. The monoisotopic (exact) mass is 392 g/mol. The van der Waals surface area contributed by atoms with Crippen LogP contribution in [0.25, 0.3) is 0 Å². The second-order valence-electron chi connectivity index (χ2n) is 6.07. The van der Waals surface area contributed by atoms with Crippen molar-refractivity contribution in [2.75, 3.05) is 6.61 Å². The van der Waals surface area contributed by atoms with Crippen molar-refractivity contribution in [2.24, 2.45) is 0 Å². The van der Waals surface area contributed by atoms with Crippen molar-refractivity contribution in [3.63, 3.8) is 0 Å². The van der Waals surface area contributed by atoms with E-state index in [-0.39, 0.29) is 11.5 Å². The second-order valence-corrected chi connectivity index (χ2v) is 9.02. The van der Waals surface area contributed by atoms with E-state index in [4.69, 9.17) is 4.18 Å². The van der Waals surface area contributed by atoms with Crippen LogP contribution in [0.4, 0.5) is 0 Å². The molecule has 2 rings (SSSR count). The summed E-state index contributed by atoms with van der Waals surface area (Å²) in [5.74, 6) is 0. The lowest BCUT2D eigenvalue weighted by molar-refractivity contribution is 0.309. The lowest BCUT2D eigenvalue weighted by Gasteiger charge is -2.05. The predicted octanol–water partition coefficient (Wildman–Crippen LogP) is 4.50. The van der Waals surface area contributed by atoms with E-state index in [1.54, 1.807) is 29.7 Å². The van der Waals surface area contributed by atoms with Gasteiger partial charge in [0.25, 0.3) is 10.1 Å². The van der Waals surface area contributed by atoms with Gasteiger partial charge in [0.1, 0.15) is 0 Å². The van der Waals surface area contributed by atoms with E-state index in [0.717, 1.165) is 28.9 Å². The Morgan fingerprint density at radius 1 is 0.923 bits per heavy atom. The predicted molar refractivity (Wildman–Crippen MR) is 105 cm³/mol. The molecule has 0 N–H and O–H groups in total. The van der Waals surface area contributed by atoms with Crippen molar-refractivity contribution in [1.82, 2.24) is 0 Å². The van der Waals surface area contributed by atoms with Crippen LogP contribution in [0, 0.1) is 13.8 Å². The van der Waals surface area contributed by atoms with Gasteiger partial charge in [-0.25, -0.2) is 4.21 Å². The van der Waals surface area contributed by atoms with Crippen molar-refractivity contribution in [2.45, 2.75) is 42.9 Å². The van der Waals surface area contributed by atoms with Gasteiger partial charge in [-0.15, -0.1) is 0 Å². The minimum Gasteiger partial charge on any atom is -0.266 e. The highest BCUT2D eigenvalue weighted by atomic mass is 32.2. The van der Waals surface area contributed by atoms with Crippen molar-refractivity contribution in [1.29, 1.82) is 0 Å². The van der Waals surface area contributed by atoms with E-state index in [9.17, 15) is 12.6 Å². The second kappa shape index (κ2) is 9.80. The molecular weight excluding hydrogens is 368 g/mol. The molecule has 0 spiro atoms. The highest BCUT2D eigenvalue weighted by molar-refractivity contribution is 7.88. The molecule has 0 radical (unpaired) electrons. The molecule has 0 aromatic heterocycles. The summed E-state index contributed by atoms with van der Waals surface area (Å²) in [6.07, 6.45) is 3.98. The quantitative estimate of drug-likeness (QED) is 0.466. The van der Waals surface area contributed by atoms with Crippen LogP contribution in [-0.4, -0.2) is 19.2 Å². The molecular formula is C20H24O4S2. The van der Waals surface area contributed by atoms with Crippen LogP contribution in [0.5, 0.6) is 0 Å². The molecule has 1 atom stereocenters. The molecule has 2 aromatic carbocycles. The summed E-state index contributed by atoms with van der Waals surface area (Å²) < 4.78 is 41.2. The summed E-state index contributed by atoms with van der Waals surface area (Å²) in [5.41, 5.74) is 2.13. The normalized spacial score (nSPS) is 13.2. The Bertz CT molecular complexity index is 852. The summed E-state index contributed by atoms with van der Waals surface area (Å²) in [4.78, 5) is 0.955. The highest BCUT2D eigenvalue weighted by Crippen LogP contribution is 2.14. The third-order valence-electron chi connectivity index (χ3n) is 3.79. The smallest absolute Gasteiger partial charge is 0.266 e.